The monoisotopic (exact) mass is 505 g/mol. The normalized spacial score (nSPS) is 13.0. The molecule has 2 aromatic heterocycles. The lowest BCUT2D eigenvalue weighted by Gasteiger charge is -2.12. The maximum atomic E-state index is 13.5. The first-order chi connectivity index (χ1) is 15.5. The number of benzene rings is 2. The predicted molar refractivity (Wildman–Crippen MR) is 132 cm³/mol. The van der Waals surface area contributed by atoms with Crippen molar-refractivity contribution in [3.05, 3.63) is 80.6 Å². The molecule has 0 unspecified atom stereocenters. The molecule has 32 heavy (non-hydrogen) atoms. The minimum absolute atomic E-state index is 0.284. The van der Waals surface area contributed by atoms with Crippen LogP contribution in [0.5, 0.6) is 0 Å². The van der Waals surface area contributed by atoms with Gasteiger partial charge in [0.05, 0.1) is 22.3 Å². The summed E-state index contributed by atoms with van der Waals surface area (Å²) in [6.45, 7) is 0. The van der Waals surface area contributed by atoms with Gasteiger partial charge in [0, 0.05) is 20.3 Å². The van der Waals surface area contributed by atoms with Crippen LogP contribution in [0.15, 0.2) is 59.1 Å². The van der Waals surface area contributed by atoms with Crippen molar-refractivity contribution in [3.63, 3.8) is 0 Å². The van der Waals surface area contributed by atoms with Gasteiger partial charge in [-0.25, -0.2) is 4.98 Å². The second kappa shape index (κ2) is 8.48. The molecular weight excluding hydrogens is 486 g/mol. The van der Waals surface area contributed by atoms with E-state index in [0.717, 1.165) is 57.1 Å². The van der Waals surface area contributed by atoms with Crippen molar-refractivity contribution in [3.8, 4) is 11.3 Å². The summed E-state index contributed by atoms with van der Waals surface area (Å²) in [4.78, 5) is 31.7. The molecule has 0 bridgehead atoms. The minimum atomic E-state index is -0.494. The topological polar surface area (TPSA) is 85.1 Å². The number of primary amides is 1. The molecule has 5 nitrogen and oxygen atoms in total. The predicted octanol–water partition coefficient (Wildman–Crippen LogP) is 5.96. The van der Waals surface area contributed by atoms with Crippen LogP contribution in [-0.2, 0) is 12.8 Å². The zero-order chi connectivity index (χ0) is 22.2. The van der Waals surface area contributed by atoms with E-state index < -0.39 is 5.91 Å². The highest BCUT2D eigenvalue weighted by atomic mass is 79.9. The smallest absolute Gasteiger partial charge is 0.257 e. The van der Waals surface area contributed by atoms with Crippen LogP contribution in [0.3, 0.4) is 0 Å². The van der Waals surface area contributed by atoms with Gasteiger partial charge >= 0.3 is 0 Å². The van der Waals surface area contributed by atoms with Crippen LogP contribution in [0.4, 0.5) is 5.00 Å². The van der Waals surface area contributed by atoms with Gasteiger partial charge in [-0.1, -0.05) is 46.3 Å². The lowest BCUT2D eigenvalue weighted by Crippen LogP contribution is -2.19. The van der Waals surface area contributed by atoms with Gasteiger partial charge in [0.15, 0.2) is 0 Å². The standard InChI is InChI=1S/C25H20BrN3O2S/c26-15-10-11-19-17(12-15)18(13-20(28-19)14-6-2-1-3-7-14)24(31)29-25-22(23(27)30)16-8-4-5-9-21(16)32-25/h1-3,6-7,10-13H,4-5,8-9H2,(H2,27,30)(H,29,31). The molecule has 160 valence electrons. The quantitative estimate of drug-likeness (QED) is 0.359. The fourth-order valence-corrected chi connectivity index (χ4v) is 5.88. The van der Waals surface area contributed by atoms with E-state index in [9.17, 15) is 9.59 Å². The highest BCUT2D eigenvalue weighted by Gasteiger charge is 2.26. The van der Waals surface area contributed by atoms with Crippen LogP contribution in [0.1, 0.15) is 44.0 Å². The van der Waals surface area contributed by atoms with E-state index >= 15 is 0 Å². The van der Waals surface area contributed by atoms with Crippen molar-refractivity contribution in [1.82, 2.24) is 4.98 Å². The van der Waals surface area contributed by atoms with Gasteiger partial charge in [0.25, 0.3) is 11.8 Å². The Balaban J connectivity index is 1.62. The van der Waals surface area contributed by atoms with Crippen molar-refractivity contribution in [2.24, 2.45) is 5.73 Å². The van der Waals surface area contributed by atoms with Gasteiger partial charge in [-0.2, -0.15) is 0 Å². The van der Waals surface area contributed by atoms with Crippen molar-refractivity contribution >= 4 is 55.0 Å². The lowest BCUT2D eigenvalue weighted by molar-refractivity contribution is 0.100. The van der Waals surface area contributed by atoms with Gasteiger partial charge in [0.1, 0.15) is 5.00 Å². The van der Waals surface area contributed by atoms with Crippen molar-refractivity contribution in [2.45, 2.75) is 25.7 Å². The molecule has 1 aliphatic rings. The fourth-order valence-electron chi connectivity index (χ4n) is 4.23. The van der Waals surface area contributed by atoms with E-state index in [1.165, 1.54) is 11.3 Å². The number of rotatable bonds is 4. The van der Waals surface area contributed by atoms with E-state index in [0.29, 0.717) is 21.8 Å². The van der Waals surface area contributed by atoms with Gasteiger partial charge in [-0.05, 0) is 55.5 Å². The summed E-state index contributed by atoms with van der Waals surface area (Å²) >= 11 is 4.96. The van der Waals surface area contributed by atoms with Gasteiger partial charge in [-0.15, -0.1) is 11.3 Å². The number of fused-ring (bicyclic) bond motifs is 2. The number of carbonyl (C=O) groups is 2. The molecular formula is C25H20BrN3O2S. The zero-order valence-electron chi connectivity index (χ0n) is 17.2. The number of carbonyl (C=O) groups excluding carboxylic acids is 2. The first-order valence-corrected chi connectivity index (χ1v) is 12.0. The number of aromatic nitrogens is 1. The number of nitrogens with one attached hydrogen (secondary N) is 1. The summed E-state index contributed by atoms with van der Waals surface area (Å²) < 4.78 is 0.859. The average molecular weight is 506 g/mol. The molecule has 7 heteroatoms. The third-order valence-corrected chi connectivity index (χ3v) is 7.43. The molecule has 1 aliphatic carbocycles. The minimum Gasteiger partial charge on any atom is -0.365 e. The number of hydrogen-bond donors (Lipinski definition) is 2. The number of nitrogens with zero attached hydrogens (tertiary/aromatic N) is 1. The fraction of sp³-hybridized carbons (Fsp3) is 0.160. The van der Waals surface area contributed by atoms with E-state index in [1.807, 2.05) is 48.5 Å². The number of halogens is 1. The maximum Gasteiger partial charge on any atom is 0.257 e. The molecule has 2 amide bonds. The maximum absolute atomic E-state index is 13.5. The van der Waals surface area contributed by atoms with Gasteiger partial charge < -0.3 is 11.1 Å². The highest BCUT2D eigenvalue weighted by Crippen LogP contribution is 2.38. The SMILES string of the molecule is NC(=O)c1c(NC(=O)c2cc(-c3ccccc3)nc3ccc(Br)cc23)sc2c1CCCC2. The molecule has 4 aromatic rings. The Morgan fingerprint density at radius 3 is 2.59 bits per heavy atom. The molecule has 0 saturated heterocycles. The molecule has 2 heterocycles. The molecule has 2 aromatic carbocycles. The summed E-state index contributed by atoms with van der Waals surface area (Å²) in [7, 11) is 0. The van der Waals surface area contributed by atoms with Crippen molar-refractivity contribution < 1.29 is 9.59 Å². The highest BCUT2D eigenvalue weighted by molar-refractivity contribution is 9.10. The van der Waals surface area contributed by atoms with E-state index in [-0.39, 0.29) is 5.91 Å². The second-order valence-electron chi connectivity index (χ2n) is 7.82. The molecule has 0 saturated carbocycles. The molecule has 0 aliphatic heterocycles. The van der Waals surface area contributed by atoms with Crippen LogP contribution in [-0.4, -0.2) is 16.8 Å². The third kappa shape index (κ3) is 3.82. The number of nitrogens with two attached hydrogens (primary N) is 1. The molecule has 0 fully saturated rings. The van der Waals surface area contributed by atoms with Crippen LogP contribution >= 0.6 is 27.3 Å². The zero-order valence-corrected chi connectivity index (χ0v) is 19.6. The number of anilines is 1. The third-order valence-electron chi connectivity index (χ3n) is 5.73. The summed E-state index contributed by atoms with van der Waals surface area (Å²) in [5.74, 6) is -0.777. The number of thiophene rings is 1. The van der Waals surface area contributed by atoms with E-state index in [1.54, 1.807) is 6.07 Å². The Labute approximate surface area is 197 Å². The van der Waals surface area contributed by atoms with E-state index in [2.05, 4.69) is 21.2 Å². The van der Waals surface area contributed by atoms with Crippen LogP contribution in [0.25, 0.3) is 22.2 Å². The average Bonchev–Trinajstić information content (AvgIpc) is 3.17. The lowest BCUT2D eigenvalue weighted by atomic mass is 9.95. The number of pyridine rings is 1. The summed E-state index contributed by atoms with van der Waals surface area (Å²) in [6.07, 6.45) is 3.85. The largest absolute Gasteiger partial charge is 0.365 e. The summed E-state index contributed by atoms with van der Waals surface area (Å²) in [6, 6.07) is 17.2. The Morgan fingerprint density at radius 1 is 1.03 bits per heavy atom. The van der Waals surface area contributed by atoms with Crippen LogP contribution in [0, 0.1) is 0 Å². The molecule has 0 spiro atoms. The first kappa shape index (κ1) is 20.8. The van der Waals surface area contributed by atoms with Gasteiger partial charge in [-0.3, -0.25) is 9.59 Å². The Kier molecular flexibility index (Phi) is 5.53. The number of amides is 2. The van der Waals surface area contributed by atoms with Crippen molar-refractivity contribution in [2.75, 3.05) is 5.32 Å². The van der Waals surface area contributed by atoms with E-state index in [4.69, 9.17) is 10.7 Å². The molecule has 5 rings (SSSR count). The first-order valence-electron chi connectivity index (χ1n) is 10.4. The van der Waals surface area contributed by atoms with Crippen LogP contribution in [0.2, 0.25) is 0 Å². The summed E-state index contributed by atoms with van der Waals surface area (Å²) in [5.41, 5.74) is 10.0. The van der Waals surface area contributed by atoms with Gasteiger partial charge in [0.2, 0.25) is 0 Å². The Hall–Kier alpha value is -3.03. The molecule has 3 N–H and O–H groups in total. The van der Waals surface area contributed by atoms with Crippen LogP contribution < -0.4 is 11.1 Å². The number of aryl methyl sites for hydroxylation is 1. The van der Waals surface area contributed by atoms with Crippen molar-refractivity contribution in [1.29, 1.82) is 0 Å². The second-order valence-corrected chi connectivity index (χ2v) is 9.84. The Bertz CT molecular complexity index is 1360. The molecule has 0 atom stereocenters. The Morgan fingerprint density at radius 2 is 1.81 bits per heavy atom. The number of hydrogen-bond acceptors (Lipinski definition) is 4. The molecule has 0 radical (unpaired) electrons. The summed E-state index contributed by atoms with van der Waals surface area (Å²) in [5, 5.41) is 4.26.